The molecule has 1 aliphatic carbocycles. The van der Waals surface area contributed by atoms with Crippen molar-refractivity contribution in [1.29, 1.82) is 0 Å². The fraction of sp³-hybridized carbons (Fsp3) is 0.909. The van der Waals surface area contributed by atoms with Crippen molar-refractivity contribution in [3.8, 4) is 0 Å². The van der Waals surface area contributed by atoms with E-state index in [1.54, 1.807) is 11.9 Å². The fourth-order valence-corrected chi connectivity index (χ4v) is 2.00. The first-order chi connectivity index (χ1) is 6.83. The van der Waals surface area contributed by atoms with Crippen molar-refractivity contribution in [1.82, 2.24) is 4.90 Å². The Morgan fingerprint density at radius 1 is 1.33 bits per heavy atom. The summed E-state index contributed by atoms with van der Waals surface area (Å²) in [5, 5.41) is 0. The number of carbonyl (C=O) groups is 1. The molecule has 1 fully saturated rings. The quantitative estimate of drug-likeness (QED) is 0.699. The lowest BCUT2D eigenvalue weighted by Gasteiger charge is -2.35. The maximum Gasteiger partial charge on any atom is 0.248 e. The number of halogens is 2. The average molecular weight is 219 g/mol. The topological polar surface area (TPSA) is 20.3 Å². The summed E-state index contributed by atoms with van der Waals surface area (Å²) in [6.07, 6.45) is 0.657. The maximum atomic E-state index is 12.9. The minimum absolute atomic E-state index is 0.000440. The Morgan fingerprint density at radius 2 is 1.80 bits per heavy atom. The number of rotatable bonds is 2. The zero-order chi connectivity index (χ0) is 11.6. The second-order valence-corrected chi connectivity index (χ2v) is 4.69. The van der Waals surface area contributed by atoms with Gasteiger partial charge in [0.2, 0.25) is 11.8 Å². The summed E-state index contributed by atoms with van der Waals surface area (Å²) in [6.45, 7) is 3.66. The van der Waals surface area contributed by atoms with Crippen LogP contribution in [0, 0.1) is 5.92 Å². The SMILES string of the molecule is CC(C)C(=O)N(C)C1CCC(F)(F)CC1. The van der Waals surface area contributed by atoms with E-state index in [0.29, 0.717) is 12.8 Å². The van der Waals surface area contributed by atoms with E-state index in [4.69, 9.17) is 0 Å². The Morgan fingerprint density at radius 3 is 2.20 bits per heavy atom. The number of amides is 1. The molecule has 0 aromatic carbocycles. The van der Waals surface area contributed by atoms with Gasteiger partial charge >= 0.3 is 0 Å². The minimum Gasteiger partial charge on any atom is -0.343 e. The number of hydrogen-bond acceptors (Lipinski definition) is 1. The van der Waals surface area contributed by atoms with Crippen LogP contribution in [0.15, 0.2) is 0 Å². The van der Waals surface area contributed by atoms with Gasteiger partial charge in [-0.15, -0.1) is 0 Å². The second kappa shape index (κ2) is 4.45. The Balaban J connectivity index is 2.50. The largest absolute Gasteiger partial charge is 0.343 e. The van der Waals surface area contributed by atoms with E-state index < -0.39 is 5.92 Å². The molecule has 0 spiro atoms. The molecule has 0 bridgehead atoms. The van der Waals surface area contributed by atoms with E-state index in [-0.39, 0.29) is 30.7 Å². The third kappa shape index (κ3) is 3.14. The van der Waals surface area contributed by atoms with Gasteiger partial charge in [0.25, 0.3) is 0 Å². The predicted octanol–water partition coefficient (Wildman–Crippen LogP) is 2.68. The van der Waals surface area contributed by atoms with Crippen LogP contribution in [0.1, 0.15) is 39.5 Å². The molecule has 4 heteroatoms. The van der Waals surface area contributed by atoms with Gasteiger partial charge < -0.3 is 4.90 Å². The summed E-state index contributed by atoms with van der Waals surface area (Å²) < 4.78 is 25.8. The molecule has 0 aromatic rings. The molecule has 88 valence electrons. The lowest BCUT2D eigenvalue weighted by atomic mass is 9.91. The smallest absolute Gasteiger partial charge is 0.248 e. The van der Waals surface area contributed by atoms with E-state index in [9.17, 15) is 13.6 Å². The molecule has 0 unspecified atom stereocenters. The fourth-order valence-electron chi connectivity index (χ4n) is 2.00. The molecule has 0 aromatic heterocycles. The van der Waals surface area contributed by atoms with E-state index >= 15 is 0 Å². The van der Waals surface area contributed by atoms with Gasteiger partial charge in [-0.1, -0.05) is 13.8 Å². The zero-order valence-electron chi connectivity index (χ0n) is 9.59. The molecule has 0 aliphatic heterocycles. The van der Waals surface area contributed by atoms with Crippen molar-refractivity contribution < 1.29 is 13.6 Å². The van der Waals surface area contributed by atoms with Crippen LogP contribution in [0.2, 0.25) is 0 Å². The Kier molecular flexibility index (Phi) is 3.68. The van der Waals surface area contributed by atoms with Crippen LogP contribution in [0.5, 0.6) is 0 Å². The molecule has 15 heavy (non-hydrogen) atoms. The van der Waals surface area contributed by atoms with Crippen LogP contribution in [0.4, 0.5) is 8.78 Å². The first-order valence-electron chi connectivity index (χ1n) is 5.48. The van der Waals surface area contributed by atoms with Crippen molar-refractivity contribution in [2.75, 3.05) is 7.05 Å². The number of hydrogen-bond donors (Lipinski definition) is 0. The van der Waals surface area contributed by atoms with Crippen LogP contribution >= 0.6 is 0 Å². The van der Waals surface area contributed by atoms with Crippen molar-refractivity contribution in [3.63, 3.8) is 0 Å². The zero-order valence-corrected chi connectivity index (χ0v) is 9.59. The molecule has 0 atom stereocenters. The lowest BCUT2D eigenvalue weighted by Crippen LogP contribution is -2.43. The molecular weight excluding hydrogens is 200 g/mol. The van der Waals surface area contributed by atoms with Gasteiger partial charge in [-0.3, -0.25) is 4.79 Å². The molecule has 0 radical (unpaired) electrons. The summed E-state index contributed by atoms with van der Waals surface area (Å²) in [6, 6.07) is -0.000440. The number of alkyl halides is 2. The Bertz CT molecular complexity index is 231. The monoisotopic (exact) mass is 219 g/mol. The molecule has 0 heterocycles. The van der Waals surface area contributed by atoms with Crippen molar-refractivity contribution in [2.24, 2.45) is 5.92 Å². The summed E-state index contributed by atoms with van der Waals surface area (Å²) in [7, 11) is 1.72. The summed E-state index contributed by atoms with van der Waals surface area (Å²) in [5.41, 5.74) is 0. The van der Waals surface area contributed by atoms with E-state index in [1.165, 1.54) is 0 Å². The van der Waals surface area contributed by atoms with E-state index in [1.807, 2.05) is 13.8 Å². The van der Waals surface area contributed by atoms with Gasteiger partial charge in [0.1, 0.15) is 0 Å². The van der Waals surface area contributed by atoms with Crippen molar-refractivity contribution in [3.05, 3.63) is 0 Å². The Labute approximate surface area is 89.6 Å². The maximum absolute atomic E-state index is 12.9. The molecule has 0 N–H and O–H groups in total. The molecule has 1 aliphatic rings. The van der Waals surface area contributed by atoms with E-state index in [0.717, 1.165) is 0 Å². The van der Waals surface area contributed by atoms with Crippen molar-refractivity contribution in [2.45, 2.75) is 51.5 Å². The predicted molar refractivity (Wildman–Crippen MR) is 54.8 cm³/mol. The summed E-state index contributed by atoms with van der Waals surface area (Å²) >= 11 is 0. The lowest BCUT2D eigenvalue weighted by molar-refractivity contribution is -0.138. The molecule has 1 saturated carbocycles. The summed E-state index contributed by atoms with van der Waals surface area (Å²) in [4.78, 5) is 13.3. The van der Waals surface area contributed by atoms with Gasteiger partial charge in [0, 0.05) is 31.8 Å². The summed E-state index contributed by atoms with van der Waals surface area (Å²) in [5.74, 6) is -2.53. The highest BCUT2D eigenvalue weighted by molar-refractivity contribution is 5.78. The highest BCUT2D eigenvalue weighted by Gasteiger charge is 2.37. The molecule has 1 amide bonds. The Hall–Kier alpha value is -0.670. The first kappa shape index (κ1) is 12.4. The van der Waals surface area contributed by atoms with Gasteiger partial charge in [0.05, 0.1) is 0 Å². The molecule has 2 nitrogen and oxygen atoms in total. The first-order valence-corrected chi connectivity index (χ1v) is 5.48. The van der Waals surface area contributed by atoms with Crippen LogP contribution in [0.3, 0.4) is 0 Å². The highest BCUT2D eigenvalue weighted by Crippen LogP contribution is 2.34. The molecular formula is C11H19F2NO. The standard InChI is InChI=1S/C11H19F2NO/c1-8(2)10(15)14(3)9-4-6-11(12,13)7-5-9/h8-9H,4-7H2,1-3H3. The van der Waals surface area contributed by atoms with Crippen LogP contribution in [0.25, 0.3) is 0 Å². The minimum atomic E-state index is -2.52. The van der Waals surface area contributed by atoms with E-state index in [2.05, 4.69) is 0 Å². The third-order valence-electron chi connectivity index (χ3n) is 3.08. The normalized spacial score (nSPS) is 21.7. The number of nitrogens with zero attached hydrogens (tertiary/aromatic N) is 1. The molecule has 0 saturated heterocycles. The third-order valence-corrected chi connectivity index (χ3v) is 3.08. The highest BCUT2D eigenvalue weighted by atomic mass is 19.3. The van der Waals surface area contributed by atoms with Crippen LogP contribution in [-0.4, -0.2) is 29.8 Å². The average Bonchev–Trinajstić information content (AvgIpc) is 2.15. The number of carbonyl (C=O) groups excluding carboxylic acids is 1. The van der Waals surface area contributed by atoms with Crippen molar-refractivity contribution >= 4 is 5.91 Å². The van der Waals surface area contributed by atoms with Crippen LogP contribution in [-0.2, 0) is 4.79 Å². The van der Waals surface area contributed by atoms with Gasteiger partial charge in [0.15, 0.2) is 0 Å². The van der Waals surface area contributed by atoms with Gasteiger partial charge in [-0.05, 0) is 12.8 Å². The second-order valence-electron chi connectivity index (χ2n) is 4.69. The molecule has 1 rings (SSSR count). The van der Waals surface area contributed by atoms with Gasteiger partial charge in [-0.25, -0.2) is 8.78 Å². The van der Waals surface area contributed by atoms with Crippen LogP contribution < -0.4 is 0 Å². The van der Waals surface area contributed by atoms with Gasteiger partial charge in [-0.2, -0.15) is 0 Å².